The van der Waals surface area contributed by atoms with Crippen molar-refractivity contribution in [1.82, 2.24) is 10.3 Å². The molecular weight excluding hydrogens is 280 g/mol. The first-order valence-electron chi connectivity index (χ1n) is 5.59. The van der Waals surface area contributed by atoms with Crippen LogP contribution in [0, 0.1) is 0 Å². The van der Waals surface area contributed by atoms with Gasteiger partial charge in [0.1, 0.15) is 5.76 Å². The van der Waals surface area contributed by atoms with Crippen molar-refractivity contribution in [1.29, 1.82) is 0 Å². The average molecular weight is 295 g/mol. The second-order valence-electron chi connectivity index (χ2n) is 4.08. The Morgan fingerprint density at radius 1 is 1.35 bits per heavy atom. The van der Waals surface area contributed by atoms with Gasteiger partial charge in [0.15, 0.2) is 6.39 Å². The van der Waals surface area contributed by atoms with E-state index in [1.165, 1.54) is 12.0 Å². The SMILES string of the molecule is CC(Cc1ccc(Br)cc1)NCc1cnco1. The van der Waals surface area contributed by atoms with E-state index in [4.69, 9.17) is 4.42 Å². The second kappa shape index (κ2) is 5.98. The van der Waals surface area contributed by atoms with Gasteiger partial charge < -0.3 is 9.73 Å². The largest absolute Gasteiger partial charge is 0.447 e. The van der Waals surface area contributed by atoms with Crippen molar-refractivity contribution in [2.75, 3.05) is 0 Å². The molecule has 0 saturated heterocycles. The fourth-order valence-corrected chi connectivity index (χ4v) is 1.91. The molecule has 17 heavy (non-hydrogen) atoms. The number of nitrogens with one attached hydrogen (secondary N) is 1. The van der Waals surface area contributed by atoms with Gasteiger partial charge in [-0.25, -0.2) is 4.98 Å². The van der Waals surface area contributed by atoms with E-state index in [0.717, 1.165) is 23.2 Å². The molecular formula is C13H15BrN2O. The number of nitrogens with zero attached hydrogens (tertiary/aromatic N) is 1. The third-order valence-corrected chi connectivity index (χ3v) is 3.09. The standard InChI is InChI=1S/C13H15BrN2O/c1-10(16-8-13-7-15-9-17-13)6-11-2-4-12(14)5-3-11/h2-5,7,9-10,16H,6,8H2,1H3. The molecule has 3 nitrogen and oxygen atoms in total. The molecule has 4 heteroatoms. The van der Waals surface area contributed by atoms with Crippen LogP contribution in [0.4, 0.5) is 0 Å². The van der Waals surface area contributed by atoms with Gasteiger partial charge in [-0.15, -0.1) is 0 Å². The summed E-state index contributed by atoms with van der Waals surface area (Å²) in [7, 11) is 0. The van der Waals surface area contributed by atoms with E-state index in [9.17, 15) is 0 Å². The first kappa shape index (κ1) is 12.3. The maximum Gasteiger partial charge on any atom is 0.180 e. The molecule has 90 valence electrons. The smallest absolute Gasteiger partial charge is 0.180 e. The van der Waals surface area contributed by atoms with Crippen molar-refractivity contribution >= 4 is 15.9 Å². The Morgan fingerprint density at radius 2 is 2.12 bits per heavy atom. The molecule has 0 saturated carbocycles. The van der Waals surface area contributed by atoms with Crippen LogP contribution in [0.2, 0.25) is 0 Å². The Balaban J connectivity index is 1.80. The highest BCUT2D eigenvalue weighted by Crippen LogP contribution is 2.12. The lowest BCUT2D eigenvalue weighted by Crippen LogP contribution is -2.27. The molecule has 0 fully saturated rings. The van der Waals surface area contributed by atoms with Crippen LogP contribution >= 0.6 is 15.9 Å². The first-order chi connectivity index (χ1) is 8.24. The van der Waals surface area contributed by atoms with Crippen LogP contribution in [0.5, 0.6) is 0 Å². The molecule has 1 unspecified atom stereocenters. The van der Waals surface area contributed by atoms with Gasteiger partial charge in [-0.3, -0.25) is 0 Å². The zero-order valence-electron chi connectivity index (χ0n) is 9.69. The predicted molar refractivity (Wildman–Crippen MR) is 70.7 cm³/mol. The monoisotopic (exact) mass is 294 g/mol. The summed E-state index contributed by atoms with van der Waals surface area (Å²) >= 11 is 3.43. The molecule has 0 aliphatic heterocycles. The molecule has 0 radical (unpaired) electrons. The molecule has 0 aliphatic rings. The number of oxazole rings is 1. The van der Waals surface area contributed by atoms with E-state index in [1.807, 2.05) is 0 Å². The van der Waals surface area contributed by atoms with Crippen molar-refractivity contribution in [3.8, 4) is 0 Å². The molecule has 1 heterocycles. The molecule has 0 aliphatic carbocycles. The topological polar surface area (TPSA) is 38.1 Å². The van der Waals surface area contributed by atoms with Crippen molar-refractivity contribution < 1.29 is 4.42 Å². The lowest BCUT2D eigenvalue weighted by Gasteiger charge is -2.12. The van der Waals surface area contributed by atoms with Gasteiger partial charge in [-0.05, 0) is 31.0 Å². The fraction of sp³-hybridized carbons (Fsp3) is 0.308. The Hall–Kier alpha value is -1.13. The minimum atomic E-state index is 0.404. The molecule has 0 spiro atoms. The normalized spacial score (nSPS) is 12.6. The molecule has 1 atom stereocenters. The minimum Gasteiger partial charge on any atom is -0.447 e. The van der Waals surface area contributed by atoms with Crippen LogP contribution in [0.3, 0.4) is 0 Å². The van der Waals surface area contributed by atoms with Crippen molar-refractivity contribution in [3.63, 3.8) is 0 Å². The third-order valence-electron chi connectivity index (χ3n) is 2.56. The zero-order valence-corrected chi connectivity index (χ0v) is 11.3. The molecule has 2 rings (SSSR count). The van der Waals surface area contributed by atoms with Crippen molar-refractivity contribution in [2.24, 2.45) is 0 Å². The van der Waals surface area contributed by atoms with Gasteiger partial charge in [-0.1, -0.05) is 28.1 Å². The summed E-state index contributed by atoms with van der Waals surface area (Å²) in [5.41, 5.74) is 1.32. The van der Waals surface area contributed by atoms with Gasteiger partial charge in [-0.2, -0.15) is 0 Å². The highest BCUT2D eigenvalue weighted by atomic mass is 79.9. The maximum atomic E-state index is 5.17. The average Bonchev–Trinajstić information content (AvgIpc) is 2.83. The maximum absolute atomic E-state index is 5.17. The molecule has 1 aromatic heterocycles. The quantitative estimate of drug-likeness (QED) is 0.920. The number of hydrogen-bond acceptors (Lipinski definition) is 3. The number of benzene rings is 1. The zero-order chi connectivity index (χ0) is 12.1. The Bertz CT molecular complexity index is 439. The lowest BCUT2D eigenvalue weighted by atomic mass is 10.1. The Labute approximate surface area is 109 Å². The highest BCUT2D eigenvalue weighted by molar-refractivity contribution is 9.10. The van der Waals surface area contributed by atoms with Crippen LogP contribution < -0.4 is 5.32 Å². The van der Waals surface area contributed by atoms with E-state index in [1.54, 1.807) is 6.20 Å². The van der Waals surface area contributed by atoms with Crippen LogP contribution in [0.1, 0.15) is 18.2 Å². The summed E-state index contributed by atoms with van der Waals surface area (Å²) in [4.78, 5) is 3.88. The van der Waals surface area contributed by atoms with Crippen LogP contribution in [0.15, 0.2) is 45.7 Å². The summed E-state index contributed by atoms with van der Waals surface area (Å²) in [6.07, 6.45) is 4.19. The summed E-state index contributed by atoms with van der Waals surface area (Å²) in [5, 5.41) is 3.40. The van der Waals surface area contributed by atoms with Crippen molar-refractivity contribution in [2.45, 2.75) is 25.9 Å². The first-order valence-corrected chi connectivity index (χ1v) is 6.38. The summed E-state index contributed by atoms with van der Waals surface area (Å²) in [6.45, 7) is 2.89. The van der Waals surface area contributed by atoms with Crippen molar-refractivity contribution in [3.05, 3.63) is 52.7 Å². The van der Waals surface area contributed by atoms with E-state index >= 15 is 0 Å². The molecule has 0 bridgehead atoms. The Morgan fingerprint density at radius 3 is 2.76 bits per heavy atom. The fourth-order valence-electron chi connectivity index (χ4n) is 1.65. The van der Waals surface area contributed by atoms with Gasteiger partial charge in [0, 0.05) is 10.5 Å². The molecule has 1 aromatic carbocycles. The Kier molecular flexibility index (Phi) is 4.34. The number of hydrogen-bond donors (Lipinski definition) is 1. The molecule has 2 aromatic rings. The van der Waals surface area contributed by atoms with Gasteiger partial charge in [0.2, 0.25) is 0 Å². The number of rotatable bonds is 5. The second-order valence-corrected chi connectivity index (χ2v) is 5.00. The molecule has 1 N–H and O–H groups in total. The third kappa shape index (κ3) is 3.98. The summed E-state index contributed by atoms with van der Waals surface area (Å²) in [6, 6.07) is 8.81. The van der Waals surface area contributed by atoms with Crippen LogP contribution in [-0.2, 0) is 13.0 Å². The van der Waals surface area contributed by atoms with Gasteiger partial charge >= 0.3 is 0 Å². The summed E-state index contributed by atoms with van der Waals surface area (Å²) in [5.74, 6) is 0.868. The predicted octanol–water partition coefficient (Wildman–Crippen LogP) is 3.16. The van der Waals surface area contributed by atoms with Crippen LogP contribution in [0.25, 0.3) is 0 Å². The summed E-state index contributed by atoms with van der Waals surface area (Å²) < 4.78 is 6.28. The number of halogens is 1. The van der Waals surface area contributed by atoms with E-state index in [0.29, 0.717) is 6.04 Å². The van der Waals surface area contributed by atoms with E-state index in [2.05, 4.69) is 57.4 Å². The lowest BCUT2D eigenvalue weighted by molar-refractivity contribution is 0.451. The van der Waals surface area contributed by atoms with Gasteiger partial charge in [0.05, 0.1) is 12.7 Å². The minimum absolute atomic E-state index is 0.404. The highest BCUT2D eigenvalue weighted by Gasteiger charge is 2.04. The van der Waals surface area contributed by atoms with Crippen LogP contribution in [-0.4, -0.2) is 11.0 Å². The number of aromatic nitrogens is 1. The van der Waals surface area contributed by atoms with Gasteiger partial charge in [0.25, 0.3) is 0 Å². The molecule has 0 amide bonds. The van der Waals surface area contributed by atoms with E-state index < -0.39 is 0 Å². The van der Waals surface area contributed by atoms with E-state index in [-0.39, 0.29) is 0 Å².